The third-order valence-electron chi connectivity index (χ3n) is 0.747. The van der Waals surface area contributed by atoms with Gasteiger partial charge >= 0.3 is 0 Å². The van der Waals surface area contributed by atoms with E-state index in [2.05, 4.69) is 9.97 Å². The first-order valence-corrected chi connectivity index (χ1v) is 2.80. The van der Waals surface area contributed by atoms with Crippen molar-refractivity contribution in [2.24, 2.45) is 0 Å². The molecule has 0 aromatic carbocycles. The van der Waals surface area contributed by atoms with Crippen molar-refractivity contribution in [3.63, 3.8) is 0 Å². The van der Waals surface area contributed by atoms with Gasteiger partial charge in [-0.05, 0) is 6.92 Å². The van der Waals surface area contributed by atoms with Crippen molar-refractivity contribution in [3.05, 3.63) is 18.2 Å². The zero-order valence-electron chi connectivity index (χ0n) is 6.00. The van der Waals surface area contributed by atoms with Crippen LogP contribution in [-0.4, -0.2) is 9.97 Å². The highest BCUT2D eigenvalue weighted by Gasteiger charge is 1.73. The molecular weight excluding hydrogens is 142 g/mol. The Morgan fingerprint density at radius 1 is 1.55 bits per heavy atom. The molecule has 0 amide bonds. The van der Waals surface area contributed by atoms with E-state index in [1.807, 2.05) is 6.92 Å². The number of aromatic amines is 1. The van der Waals surface area contributed by atoms with E-state index in [1.165, 1.54) is 12.4 Å². The summed E-state index contributed by atoms with van der Waals surface area (Å²) in [5.41, 5.74) is 0. The number of aromatic nitrogens is 2. The molecule has 0 aliphatic heterocycles. The zero-order chi connectivity index (χ0) is 8.53. The highest BCUT2D eigenvalue weighted by atomic mass is 14.9. The van der Waals surface area contributed by atoms with Crippen molar-refractivity contribution in [2.45, 2.75) is 6.92 Å². The highest BCUT2D eigenvalue weighted by molar-refractivity contribution is 4.80. The molecule has 5 nitrogen and oxygen atoms in total. The largest absolute Gasteiger partial charge is 0.349 e. The first-order chi connectivity index (χ1) is 5.31. The third kappa shape index (κ3) is 5.87. The predicted octanol–water partition coefficient (Wildman–Crippen LogP) is 0.256. The van der Waals surface area contributed by atoms with Gasteiger partial charge < -0.3 is 4.98 Å². The van der Waals surface area contributed by atoms with Crippen LogP contribution in [0, 0.1) is 29.8 Å². The van der Waals surface area contributed by atoms with Crippen LogP contribution in [0.3, 0.4) is 0 Å². The van der Waals surface area contributed by atoms with Gasteiger partial charge in [-0.2, -0.15) is 10.5 Å². The number of aryl methyl sites for hydroxylation is 1. The van der Waals surface area contributed by atoms with Crippen molar-refractivity contribution in [1.82, 2.24) is 15.3 Å². The number of nitriles is 2. The summed E-state index contributed by atoms with van der Waals surface area (Å²) in [6, 6.07) is 0. The SMILES string of the molecule is Cc1ncc[nH]1.N#CNC#N. The number of hydrogen-bond acceptors (Lipinski definition) is 4. The molecule has 1 aromatic heterocycles. The summed E-state index contributed by atoms with van der Waals surface area (Å²) in [6.45, 7) is 1.92. The molecule has 0 bridgehead atoms. The second-order valence-electron chi connectivity index (χ2n) is 1.52. The van der Waals surface area contributed by atoms with Crippen molar-refractivity contribution in [3.8, 4) is 12.4 Å². The van der Waals surface area contributed by atoms with Crippen LogP contribution in [0.4, 0.5) is 0 Å². The lowest BCUT2D eigenvalue weighted by molar-refractivity contribution is 1.15. The van der Waals surface area contributed by atoms with Crippen LogP contribution in [0.5, 0.6) is 0 Å². The van der Waals surface area contributed by atoms with Gasteiger partial charge in [0.05, 0.1) is 0 Å². The van der Waals surface area contributed by atoms with E-state index >= 15 is 0 Å². The maximum absolute atomic E-state index is 7.48. The minimum absolute atomic E-state index is 0.968. The van der Waals surface area contributed by atoms with E-state index in [9.17, 15) is 0 Å². The lowest BCUT2D eigenvalue weighted by Gasteiger charge is -1.68. The molecule has 0 saturated carbocycles. The number of nitrogens with zero attached hydrogens (tertiary/aromatic N) is 3. The summed E-state index contributed by atoms with van der Waals surface area (Å²) in [5.74, 6) is 0.968. The fourth-order valence-electron chi connectivity index (χ4n) is 0.369. The summed E-state index contributed by atoms with van der Waals surface area (Å²) in [6.07, 6.45) is 6.34. The first-order valence-electron chi connectivity index (χ1n) is 2.80. The van der Waals surface area contributed by atoms with E-state index in [-0.39, 0.29) is 0 Å². The lowest BCUT2D eigenvalue weighted by atomic mass is 10.8. The Hall–Kier alpha value is -2.01. The van der Waals surface area contributed by atoms with Gasteiger partial charge in [0.1, 0.15) is 5.82 Å². The molecule has 0 spiro atoms. The van der Waals surface area contributed by atoms with E-state index in [1.54, 1.807) is 17.7 Å². The molecule has 0 aliphatic carbocycles. The molecule has 0 atom stereocenters. The van der Waals surface area contributed by atoms with Crippen molar-refractivity contribution >= 4 is 0 Å². The average molecular weight is 149 g/mol. The van der Waals surface area contributed by atoms with E-state index in [4.69, 9.17) is 10.5 Å². The number of hydrogen-bond donors (Lipinski definition) is 2. The van der Waals surface area contributed by atoms with Gasteiger partial charge in [-0.1, -0.05) is 0 Å². The molecular formula is C6H7N5. The quantitative estimate of drug-likeness (QED) is 0.409. The standard InChI is InChI=1S/C4H6N2.C2HN3/c1-4-5-2-3-6-4;3-1-5-2-4/h2-3H,1H3,(H,5,6);5H. The van der Waals surface area contributed by atoms with Gasteiger partial charge in [-0.25, -0.2) is 10.3 Å². The number of imidazole rings is 1. The lowest BCUT2D eigenvalue weighted by Crippen LogP contribution is -1.88. The summed E-state index contributed by atoms with van der Waals surface area (Å²) in [4.78, 5) is 6.75. The van der Waals surface area contributed by atoms with E-state index < -0.39 is 0 Å². The van der Waals surface area contributed by atoms with Gasteiger partial charge in [-0.3, -0.25) is 0 Å². The van der Waals surface area contributed by atoms with E-state index in [0.29, 0.717) is 0 Å². The maximum atomic E-state index is 7.48. The Balaban J connectivity index is 0.000000187. The van der Waals surface area contributed by atoms with Gasteiger partial charge in [0.2, 0.25) is 0 Å². The monoisotopic (exact) mass is 149 g/mol. The van der Waals surface area contributed by atoms with Gasteiger partial charge in [0.15, 0.2) is 12.4 Å². The van der Waals surface area contributed by atoms with Gasteiger partial charge in [0.25, 0.3) is 0 Å². The normalized spacial score (nSPS) is 6.45. The molecule has 1 rings (SSSR count). The minimum Gasteiger partial charge on any atom is -0.349 e. The Morgan fingerprint density at radius 2 is 2.18 bits per heavy atom. The second kappa shape index (κ2) is 6.12. The molecule has 1 heterocycles. The molecule has 2 N–H and O–H groups in total. The average Bonchev–Trinajstić information content (AvgIpc) is 2.43. The topological polar surface area (TPSA) is 88.3 Å². The smallest absolute Gasteiger partial charge is 0.190 e. The molecule has 0 saturated heterocycles. The molecule has 0 aliphatic rings. The summed E-state index contributed by atoms with van der Waals surface area (Å²) < 4.78 is 0. The molecule has 0 fully saturated rings. The fraction of sp³-hybridized carbons (Fsp3) is 0.167. The fourth-order valence-corrected chi connectivity index (χ4v) is 0.369. The van der Waals surface area contributed by atoms with Crippen LogP contribution in [0.2, 0.25) is 0 Å². The molecule has 0 radical (unpaired) electrons. The van der Waals surface area contributed by atoms with Gasteiger partial charge in [0, 0.05) is 12.4 Å². The highest BCUT2D eigenvalue weighted by Crippen LogP contribution is 1.78. The van der Waals surface area contributed by atoms with Crippen LogP contribution in [0.15, 0.2) is 12.4 Å². The van der Waals surface area contributed by atoms with E-state index in [0.717, 1.165) is 5.82 Å². The number of nitrogens with one attached hydrogen (secondary N) is 2. The predicted molar refractivity (Wildman–Crippen MR) is 37.7 cm³/mol. The Kier molecular flexibility index (Phi) is 5.00. The van der Waals surface area contributed by atoms with Gasteiger partial charge in [-0.15, -0.1) is 0 Å². The molecule has 56 valence electrons. The van der Waals surface area contributed by atoms with Crippen LogP contribution in [0.25, 0.3) is 0 Å². The number of H-pyrrole nitrogens is 1. The Labute approximate surface area is 64.3 Å². The van der Waals surface area contributed by atoms with Crippen molar-refractivity contribution in [2.75, 3.05) is 0 Å². The van der Waals surface area contributed by atoms with Crippen LogP contribution in [0.1, 0.15) is 5.82 Å². The Bertz CT molecular complexity index is 237. The summed E-state index contributed by atoms with van der Waals surface area (Å²) in [7, 11) is 0. The van der Waals surface area contributed by atoms with Crippen molar-refractivity contribution < 1.29 is 0 Å². The maximum Gasteiger partial charge on any atom is 0.190 e. The third-order valence-corrected chi connectivity index (χ3v) is 0.747. The molecule has 0 unspecified atom stereocenters. The van der Waals surface area contributed by atoms with Crippen molar-refractivity contribution in [1.29, 1.82) is 10.5 Å². The summed E-state index contributed by atoms with van der Waals surface area (Å²) >= 11 is 0. The molecule has 1 aromatic rings. The van der Waals surface area contributed by atoms with Crippen LogP contribution < -0.4 is 5.32 Å². The van der Waals surface area contributed by atoms with Crippen LogP contribution in [-0.2, 0) is 0 Å². The van der Waals surface area contributed by atoms with Crippen LogP contribution >= 0.6 is 0 Å². The number of rotatable bonds is 0. The summed E-state index contributed by atoms with van der Waals surface area (Å²) in [5, 5.41) is 16.7. The molecule has 11 heavy (non-hydrogen) atoms. The Morgan fingerprint density at radius 3 is 2.27 bits per heavy atom. The molecule has 5 heteroatoms. The second-order valence-corrected chi connectivity index (χ2v) is 1.52. The first kappa shape index (κ1) is 8.99. The minimum atomic E-state index is 0.968. The zero-order valence-corrected chi connectivity index (χ0v) is 6.00.